The summed E-state index contributed by atoms with van der Waals surface area (Å²) in [6, 6.07) is -0.855. The number of nitrogens with one attached hydrogen (secondary N) is 1. The molecule has 12 unspecified atom stereocenters. The van der Waals surface area contributed by atoms with Crippen molar-refractivity contribution in [2.45, 2.75) is 164 Å². The Bertz CT molecular complexity index is 1140. The van der Waals surface area contributed by atoms with Gasteiger partial charge in [0.15, 0.2) is 12.6 Å². The van der Waals surface area contributed by atoms with Crippen LogP contribution in [0.4, 0.5) is 0 Å². The number of carbonyl (C=O) groups is 1. The van der Waals surface area contributed by atoms with Crippen LogP contribution in [0.15, 0.2) is 60.8 Å². The van der Waals surface area contributed by atoms with Crippen molar-refractivity contribution in [3.05, 3.63) is 60.8 Å². The lowest BCUT2D eigenvalue weighted by Crippen LogP contribution is -2.65. The van der Waals surface area contributed by atoms with Gasteiger partial charge in [0.1, 0.15) is 48.8 Å². The molecule has 9 N–H and O–H groups in total. The molecule has 1 amide bonds. The second kappa shape index (κ2) is 28.1. The number of unbranched alkanes of at least 4 members (excludes halogenated alkanes) is 3. The Labute approximate surface area is 320 Å². The molecule has 0 aromatic heterocycles. The molecule has 0 aliphatic carbocycles. The van der Waals surface area contributed by atoms with E-state index in [0.717, 1.165) is 51.4 Å². The molecule has 2 aliphatic heterocycles. The van der Waals surface area contributed by atoms with Crippen LogP contribution in [0.1, 0.15) is 90.9 Å². The van der Waals surface area contributed by atoms with Gasteiger partial charge in [0, 0.05) is 6.42 Å². The van der Waals surface area contributed by atoms with Crippen LogP contribution in [0.2, 0.25) is 0 Å². The highest BCUT2D eigenvalue weighted by Gasteiger charge is 2.50. The molecule has 2 rings (SSSR count). The van der Waals surface area contributed by atoms with E-state index in [9.17, 15) is 45.6 Å². The Hall–Kier alpha value is -2.31. The van der Waals surface area contributed by atoms with Crippen LogP contribution in [0.5, 0.6) is 0 Å². The third-order valence-corrected chi connectivity index (χ3v) is 9.25. The minimum absolute atomic E-state index is 0.220. The molecule has 2 heterocycles. The first kappa shape index (κ1) is 47.8. The van der Waals surface area contributed by atoms with Gasteiger partial charge in [-0.2, -0.15) is 0 Å². The zero-order valence-electron chi connectivity index (χ0n) is 31.9. The Morgan fingerprint density at radius 2 is 1.24 bits per heavy atom. The Kier molecular flexibility index (Phi) is 24.9. The van der Waals surface area contributed by atoms with Gasteiger partial charge in [-0.3, -0.25) is 4.79 Å². The Balaban J connectivity index is 1.84. The molecule has 14 nitrogen and oxygen atoms in total. The van der Waals surface area contributed by atoms with Crippen LogP contribution in [-0.4, -0.2) is 140 Å². The van der Waals surface area contributed by atoms with Crippen molar-refractivity contribution in [3.8, 4) is 0 Å². The van der Waals surface area contributed by atoms with Gasteiger partial charge in [-0.05, 0) is 51.4 Å². The lowest BCUT2D eigenvalue weighted by molar-refractivity contribution is -0.359. The largest absolute Gasteiger partial charge is 0.394 e. The summed E-state index contributed by atoms with van der Waals surface area (Å²) < 4.78 is 22.4. The Morgan fingerprint density at radius 3 is 1.81 bits per heavy atom. The highest BCUT2D eigenvalue weighted by atomic mass is 16.7. The van der Waals surface area contributed by atoms with Gasteiger partial charge in [-0.15, -0.1) is 0 Å². The van der Waals surface area contributed by atoms with Crippen LogP contribution in [0.25, 0.3) is 0 Å². The third-order valence-electron chi connectivity index (χ3n) is 9.25. The van der Waals surface area contributed by atoms with Gasteiger partial charge in [-0.25, -0.2) is 0 Å². The predicted molar refractivity (Wildman–Crippen MR) is 203 cm³/mol. The average molecular weight is 770 g/mol. The van der Waals surface area contributed by atoms with Crippen molar-refractivity contribution in [2.75, 3.05) is 19.8 Å². The first-order valence-electron chi connectivity index (χ1n) is 19.5. The Morgan fingerprint density at radius 1 is 0.685 bits per heavy atom. The molecule has 0 aromatic rings. The van der Waals surface area contributed by atoms with Gasteiger partial charge in [-0.1, -0.05) is 93.9 Å². The molecule has 0 radical (unpaired) electrons. The number of amides is 1. The van der Waals surface area contributed by atoms with Crippen molar-refractivity contribution in [2.24, 2.45) is 0 Å². The van der Waals surface area contributed by atoms with Gasteiger partial charge >= 0.3 is 0 Å². The van der Waals surface area contributed by atoms with Crippen LogP contribution >= 0.6 is 0 Å². The van der Waals surface area contributed by atoms with Crippen molar-refractivity contribution in [1.29, 1.82) is 0 Å². The number of aliphatic hydroxyl groups excluding tert-OH is 8. The summed E-state index contributed by atoms with van der Waals surface area (Å²) in [6.07, 6.45) is 13.5. The predicted octanol–water partition coefficient (Wildman–Crippen LogP) is 1.97. The molecule has 14 heteroatoms. The van der Waals surface area contributed by atoms with E-state index in [4.69, 9.17) is 18.9 Å². The van der Waals surface area contributed by atoms with E-state index >= 15 is 0 Å². The number of ether oxygens (including phenoxy) is 4. The SMILES string of the molecule is CC/C=C\C/C=C\C/C=C\C/C=C\C/C=C\CCCC(=O)NC(COC1OC(CO)C(OC2OC(CO)C(O)C(O)C2O)C(O)C1O)C(O)CCCCC. The van der Waals surface area contributed by atoms with E-state index in [0.29, 0.717) is 19.3 Å². The smallest absolute Gasteiger partial charge is 0.220 e. The highest BCUT2D eigenvalue weighted by molar-refractivity contribution is 5.76. The maximum Gasteiger partial charge on any atom is 0.220 e. The number of allylic oxidation sites excluding steroid dienone is 10. The van der Waals surface area contributed by atoms with E-state index < -0.39 is 86.8 Å². The number of hydrogen-bond donors (Lipinski definition) is 9. The number of carbonyl (C=O) groups excluding carboxylic acids is 1. The topological polar surface area (TPSA) is 228 Å². The van der Waals surface area contributed by atoms with Crippen LogP contribution in [0.3, 0.4) is 0 Å². The van der Waals surface area contributed by atoms with Gasteiger partial charge in [0.25, 0.3) is 0 Å². The fourth-order valence-electron chi connectivity index (χ4n) is 5.97. The lowest BCUT2D eigenvalue weighted by Gasteiger charge is -2.46. The maximum absolute atomic E-state index is 12.9. The molecular weight excluding hydrogens is 702 g/mol. The minimum atomic E-state index is -1.79. The maximum atomic E-state index is 12.9. The zero-order chi connectivity index (χ0) is 39.7. The summed E-state index contributed by atoms with van der Waals surface area (Å²) >= 11 is 0. The standard InChI is InChI=1S/C40H67NO13/c1-3-5-7-8-9-10-11-12-13-14-15-16-17-18-19-20-22-24-32(45)41-28(29(44)23-21-6-4-2)27-51-39-37(50)35(48)38(31(26-43)53-39)54-40-36(49)34(47)33(46)30(25-42)52-40/h5,7,9-10,12-13,15-16,18-19,28-31,33-40,42-44,46-50H,3-4,6,8,11,14,17,20-27H2,1-2H3,(H,41,45)/b7-5-,10-9-,13-12-,16-15-,19-18-. The zero-order valence-corrected chi connectivity index (χ0v) is 31.9. The molecule has 0 aromatic carbocycles. The number of aliphatic hydroxyl groups is 8. The average Bonchev–Trinajstić information content (AvgIpc) is 3.16. The monoisotopic (exact) mass is 769 g/mol. The third kappa shape index (κ3) is 17.2. The second-order valence-corrected chi connectivity index (χ2v) is 13.7. The molecule has 310 valence electrons. The summed E-state index contributed by atoms with van der Waals surface area (Å²) in [5, 5.41) is 85.5. The molecule has 2 fully saturated rings. The molecule has 12 atom stereocenters. The normalized spacial score (nSPS) is 30.7. The van der Waals surface area contributed by atoms with E-state index in [2.05, 4.69) is 66.9 Å². The van der Waals surface area contributed by atoms with Crippen molar-refractivity contribution in [3.63, 3.8) is 0 Å². The number of rotatable bonds is 26. The van der Waals surface area contributed by atoms with Gasteiger partial charge in [0.05, 0.1) is 32.0 Å². The van der Waals surface area contributed by atoms with E-state index in [1.165, 1.54) is 0 Å². The van der Waals surface area contributed by atoms with Crippen LogP contribution in [0, 0.1) is 0 Å². The lowest BCUT2D eigenvalue weighted by atomic mass is 9.97. The second-order valence-electron chi connectivity index (χ2n) is 13.7. The van der Waals surface area contributed by atoms with Crippen LogP contribution in [-0.2, 0) is 23.7 Å². The first-order valence-corrected chi connectivity index (χ1v) is 19.5. The molecular formula is C40H67NO13. The molecule has 2 saturated heterocycles. The minimum Gasteiger partial charge on any atom is -0.394 e. The molecule has 2 aliphatic rings. The summed E-state index contributed by atoms with van der Waals surface area (Å²) in [6.45, 7) is 2.45. The molecule has 0 saturated carbocycles. The number of hydrogen-bond acceptors (Lipinski definition) is 13. The van der Waals surface area contributed by atoms with E-state index in [1.807, 2.05) is 13.0 Å². The summed E-state index contributed by atoms with van der Waals surface area (Å²) in [5.74, 6) is -0.281. The fraction of sp³-hybridized carbons (Fsp3) is 0.725. The fourth-order valence-corrected chi connectivity index (χ4v) is 5.97. The quantitative estimate of drug-likeness (QED) is 0.0454. The van der Waals surface area contributed by atoms with E-state index in [1.54, 1.807) is 0 Å². The molecule has 54 heavy (non-hydrogen) atoms. The van der Waals surface area contributed by atoms with Gasteiger partial charge in [0.2, 0.25) is 5.91 Å². The highest BCUT2D eigenvalue weighted by Crippen LogP contribution is 2.29. The van der Waals surface area contributed by atoms with Gasteiger partial charge < -0.3 is 65.1 Å². The van der Waals surface area contributed by atoms with Crippen molar-refractivity contribution in [1.82, 2.24) is 5.32 Å². The van der Waals surface area contributed by atoms with Crippen LogP contribution < -0.4 is 5.32 Å². The first-order chi connectivity index (χ1) is 26.1. The molecule has 0 spiro atoms. The summed E-state index contributed by atoms with van der Waals surface area (Å²) in [7, 11) is 0. The molecule has 0 bridgehead atoms. The summed E-state index contributed by atoms with van der Waals surface area (Å²) in [4.78, 5) is 12.9. The summed E-state index contributed by atoms with van der Waals surface area (Å²) in [5.41, 5.74) is 0. The van der Waals surface area contributed by atoms with Crippen molar-refractivity contribution < 1.29 is 64.6 Å². The van der Waals surface area contributed by atoms with E-state index in [-0.39, 0.29) is 18.9 Å². The van der Waals surface area contributed by atoms with Crippen molar-refractivity contribution >= 4 is 5.91 Å².